The molecule has 270 valence electrons. The van der Waals surface area contributed by atoms with Crippen LogP contribution in [0, 0.1) is 6.92 Å². The van der Waals surface area contributed by atoms with E-state index in [0.717, 1.165) is 69.8 Å². The second-order valence-corrected chi connectivity index (χ2v) is 15.2. The molecule has 2 aromatic rings. The molecule has 0 aliphatic carbocycles. The number of benzene rings is 1. The number of amides is 1. The van der Waals surface area contributed by atoms with Crippen molar-refractivity contribution in [2.75, 3.05) is 50.8 Å². The molecule has 1 fully saturated rings. The number of pyridine rings is 1. The van der Waals surface area contributed by atoms with E-state index in [1.54, 1.807) is 30.5 Å². The molecule has 0 spiro atoms. The van der Waals surface area contributed by atoms with Crippen molar-refractivity contribution in [3.63, 3.8) is 0 Å². The van der Waals surface area contributed by atoms with Crippen molar-refractivity contribution in [2.45, 2.75) is 134 Å². The minimum atomic E-state index is -3.63. The molecule has 1 aromatic carbocycles. The standard InChI is InChI=1S/C39H64N4O4S/c1-3-4-28-42-29-31-43(32-30-42)38-26-23-36(34-41-38)39(44)40-27-19-17-15-13-11-9-7-5-6-8-10-12-14-16-18-20-33-47-48(45,46)37-24-21-35(2)22-25-37/h21-26,34H,3-20,27-33H2,1-2H3,(H,40,44). The Hall–Kier alpha value is -2.49. The highest BCUT2D eigenvalue weighted by Gasteiger charge is 2.18. The quantitative estimate of drug-likeness (QED) is 0.0783. The first-order valence-electron chi connectivity index (χ1n) is 19.1. The van der Waals surface area contributed by atoms with E-state index in [4.69, 9.17) is 4.18 Å². The third-order valence-electron chi connectivity index (χ3n) is 9.44. The van der Waals surface area contributed by atoms with E-state index >= 15 is 0 Å². The molecule has 0 atom stereocenters. The van der Waals surface area contributed by atoms with Crippen LogP contribution in [0.4, 0.5) is 5.82 Å². The number of aryl methyl sites for hydroxylation is 1. The number of aromatic nitrogens is 1. The topological polar surface area (TPSA) is 91.8 Å². The number of carbonyl (C=O) groups excluding carboxylic acids is 1. The Balaban J connectivity index is 1.05. The van der Waals surface area contributed by atoms with Gasteiger partial charge >= 0.3 is 0 Å². The molecule has 0 radical (unpaired) electrons. The summed E-state index contributed by atoms with van der Waals surface area (Å²) >= 11 is 0. The van der Waals surface area contributed by atoms with E-state index in [2.05, 4.69) is 27.0 Å². The summed E-state index contributed by atoms with van der Waals surface area (Å²) in [6.45, 7) is 10.5. The smallest absolute Gasteiger partial charge is 0.296 e. The van der Waals surface area contributed by atoms with E-state index in [9.17, 15) is 13.2 Å². The maximum atomic E-state index is 12.5. The van der Waals surface area contributed by atoms with Crippen LogP contribution in [0.5, 0.6) is 0 Å². The fourth-order valence-corrected chi connectivity index (χ4v) is 7.18. The van der Waals surface area contributed by atoms with Crippen LogP contribution >= 0.6 is 0 Å². The molecule has 1 amide bonds. The van der Waals surface area contributed by atoms with E-state index in [-0.39, 0.29) is 17.4 Å². The SMILES string of the molecule is CCCCN1CCN(c2ccc(C(=O)NCCCCCCCCCCCCCCCCCCOS(=O)(=O)c3ccc(C)cc3)cn2)CC1. The molecule has 1 aliphatic heterocycles. The van der Waals surface area contributed by atoms with Gasteiger partial charge in [0.05, 0.1) is 17.1 Å². The van der Waals surface area contributed by atoms with Crippen LogP contribution in [-0.2, 0) is 14.3 Å². The molecule has 1 aliphatic rings. The molecule has 9 heteroatoms. The predicted octanol–water partition coefficient (Wildman–Crippen LogP) is 8.69. The number of rotatable bonds is 26. The summed E-state index contributed by atoms with van der Waals surface area (Å²) in [7, 11) is -3.63. The second kappa shape index (κ2) is 23.8. The third kappa shape index (κ3) is 16.3. The Kier molecular flexibility index (Phi) is 19.8. The monoisotopic (exact) mass is 684 g/mol. The van der Waals surface area contributed by atoms with Crippen molar-refractivity contribution >= 4 is 21.8 Å². The van der Waals surface area contributed by atoms with Crippen LogP contribution in [0.25, 0.3) is 0 Å². The maximum absolute atomic E-state index is 12.5. The van der Waals surface area contributed by atoms with Gasteiger partial charge in [-0.3, -0.25) is 13.9 Å². The number of hydrogen-bond donors (Lipinski definition) is 1. The van der Waals surface area contributed by atoms with Crippen molar-refractivity contribution < 1.29 is 17.4 Å². The van der Waals surface area contributed by atoms with Gasteiger partial charge < -0.3 is 10.2 Å². The molecule has 8 nitrogen and oxygen atoms in total. The molecular weight excluding hydrogens is 621 g/mol. The van der Waals surface area contributed by atoms with Gasteiger partial charge in [0, 0.05) is 38.9 Å². The van der Waals surface area contributed by atoms with Gasteiger partial charge in [0.2, 0.25) is 0 Å². The van der Waals surface area contributed by atoms with Gasteiger partial charge in [-0.05, 0) is 57.0 Å². The molecule has 0 saturated carbocycles. The summed E-state index contributed by atoms with van der Waals surface area (Å²) < 4.78 is 29.6. The van der Waals surface area contributed by atoms with Crippen LogP contribution in [-0.4, -0.2) is 70.1 Å². The lowest BCUT2D eigenvalue weighted by molar-refractivity contribution is 0.0952. The van der Waals surface area contributed by atoms with Crippen molar-refractivity contribution in [1.82, 2.24) is 15.2 Å². The second-order valence-electron chi connectivity index (χ2n) is 13.6. The first-order chi connectivity index (χ1) is 23.4. The number of carbonyl (C=O) groups is 1. The van der Waals surface area contributed by atoms with Gasteiger partial charge in [-0.1, -0.05) is 121 Å². The molecule has 48 heavy (non-hydrogen) atoms. The summed E-state index contributed by atoms with van der Waals surface area (Å²) in [4.78, 5) is 22.2. The van der Waals surface area contributed by atoms with E-state index in [1.807, 2.05) is 19.1 Å². The van der Waals surface area contributed by atoms with Gasteiger partial charge in [-0.15, -0.1) is 0 Å². The van der Waals surface area contributed by atoms with Gasteiger partial charge in [0.1, 0.15) is 5.82 Å². The molecule has 0 bridgehead atoms. The van der Waals surface area contributed by atoms with Crippen molar-refractivity contribution in [1.29, 1.82) is 0 Å². The van der Waals surface area contributed by atoms with Gasteiger partial charge in [0.25, 0.3) is 16.0 Å². The molecule has 2 heterocycles. The van der Waals surface area contributed by atoms with Crippen LogP contribution in [0.1, 0.15) is 138 Å². The van der Waals surface area contributed by atoms with E-state index in [0.29, 0.717) is 5.56 Å². The molecule has 3 rings (SSSR count). The first kappa shape index (κ1) is 39.9. The zero-order chi connectivity index (χ0) is 34.3. The van der Waals surface area contributed by atoms with Crippen molar-refractivity contribution in [3.8, 4) is 0 Å². The zero-order valence-corrected chi connectivity index (χ0v) is 30.9. The van der Waals surface area contributed by atoms with Gasteiger partial charge in [-0.25, -0.2) is 4.98 Å². The maximum Gasteiger partial charge on any atom is 0.296 e. The fourth-order valence-electron chi connectivity index (χ4n) is 6.24. The highest BCUT2D eigenvalue weighted by molar-refractivity contribution is 7.86. The largest absolute Gasteiger partial charge is 0.354 e. The Morgan fingerprint density at radius 2 is 1.27 bits per heavy atom. The lowest BCUT2D eigenvalue weighted by Crippen LogP contribution is -2.46. The van der Waals surface area contributed by atoms with Crippen molar-refractivity contribution in [3.05, 3.63) is 53.7 Å². The Bertz CT molecular complexity index is 1230. The third-order valence-corrected chi connectivity index (χ3v) is 10.8. The number of piperazine rings is 1. The summed E-state index contributed by atoms with van der Waals surface area (Å²) in [6, 6.07) is 10.7. The summed E-state index contributed by atoms with van der Waals surface area (Å²) in [5, 5.41) is 3.06. The van der Waals surface area contributed by atoms with Crippen LogP contribution in [0.3, 0.4) is 0 Å². The zero-order valence-electron chi connectivity index (χ0n) is 30.1. The molecule has 1 aromatic heterocycles. The predicted molar refractivity (Wildman–Crippen MR) is 198 cm³/mol. The lowest BCUT2D eigenvalue weighted by Gasteiger charge is -2.35. The number of nitrogens with one attached hydrogen (secondary N) is 1. The number of anilines is 1. The summed E-state index contributed by atoms with van der Waals surface area (Å²) in [5.41, 5.74) is 1.68. The van der Waals surface area contributed by atoms with Crippen LogP contribution in [0.2, 0.25) is 0 Å². The fraction of sp³-hybridized carbons (Fsp3) is 0.692. The van der Waals surface area contributed by atoms with Crippen molar-refractivity contribution in [2.24, 2.45) is 0 Å². The number of hydrogen-bond acceptors (Lipinski definition) is 7. The molecule has 1 saturated heterocycles. The summed E-state index contributed by atoms with van der Waals surface area (Å²) in [6.07, 6.45) is 23.7. The normalized spacial score (nSPS) is 14.0. The lowest BCUT2D eigenvalue weighted by atomic mass is 10.0. The Morgan fingerprint density at radius 1 is 0.729 bits per heavy atom. The first-order valence-corrected chi connectivity index (χ1v) is 20.5. The Morgan fingerprint density at radius 3 is 1.79 bits per heavy atom. The Labute approximate surface area is 292 Å². The van der Waals surface area contributed by atoms with Crippen LogP contribution in [0.15, 0.2) is 47.5 Å². The highest BCUT2D eigenvalue weighted by Crippen LogP contribution is 2.17. The number of unbranched alkanes of at least 4 members (excludes halogenated alkanes) is 16. The van der Waals surface area contributed by atoms with Gasteiger partial charge in [-0.2, -0.15) is 8.42 Å². The number of nitrogens with zero attached hydrogens (tertiary/aromatic N) is 3. The molecule has 0 unspecified atom stereocenters. The minimum absolute atomic E-state index is 0.0201. The molecule has 1 N–H and O–H groups in total. The average molecular weight is 685 g/mol. The van der Waals surface area contributed by atoms with Crippen LogP contribution < -0.4 is 10.2 Å². The average Bonchev–Trinajstić information content (AvgIpc) is 3.10. The molecular formula is C39H64N4O4S. The summed E-state index contributed by atoms with van der Waals surface area (Å²) in [5.74, 6) is 0.953. The van der Waals surface area contributed by atoms with E-state index < -0.39 is 10.1 Å². The minimum Gasteiger partial charge on any atom is -0.354 e. The van der Waals surface area contributed by atoms with E-state index in [1.165, 1.54) is 96.4 Å². The highest BCUT2D eigenvalue weighted by atomic mass is 32.2. The van der Waals surface area contributed by atoms with Gasteiger partial charge in [0.15, 0.2) is 0 Å².